The van der Waals surface area contributed by atoms with Gasteiger partial charge in [0.2, 0.25) is 0 Å². The highest BCUT2D eigenvalue weighted by Crippen LogP contribution is 2.32. The second kappa shape index (κ2) is 9.07. The average Bonchev–Trinajstić information content (AvgIpc) is 3.29. The minimum atomic E-state index is -0.167. The number of nitrogens with zero attached hydrogens (tertiary/aromatic N) is 4. The van der Waals surface area contributed by atoms with Gasteiger partial charge in [0.05, 0.1) is 17.1 Å². The molecule has 1 unspecified atom stereocenters. The summed E-state index contributed by atoms with van der Waals surface area (Å²) >= 11 is 0. The van der Waals surface area contributed by atoms with Crippen molar-refractivity contribution in [1.29, 1.82) is 10.8 Å². The third-order valence-corrected chi connectivity index (χ3v) is 6.57. The van der Waals surface area contributed by atoms with Gasteiger partial charge in [-0.05, 0) is 54.6 Å². The van der Waals surface area contributed by atoms with Crippen molar-refractivity contribution in [2.75, 3.05) is 0 Å². The maximum Gasteiger partial charge on any atom is 0.135 e. The first kappa shape index (κ1) is 21.7. The fourth-order valence-corrected chi connectivity index (χ4v) is 4.84. The molecule has 0 bridgehead atoms. The van der Waals surface area contributed by atoms with Crippen molar-refractivity contribution < 1.29 is 0 Å². The van der Waals surface area contributed by atoms with Crippen molar-refractivity contribution in [2.45, 2.75) is 12.5 Å². The van der Waals surface area contributed by atoms with Crippen LogP contribution in [0.25, 0.3) is 27.5 Å². The number of aliphatic imine (C=N–C) groups is 1. The number of fused-ring (bicyclic) bond motifs is 3. The first-order chi connectivity index (χ1) is 17.7. The monoisotopic (exact) mass is 468 g/mol. The molecule has 0 radical (unpaired) electrons. The van der Waals surface area contributed by atoms with Crippen LogP contribution in [0.4, 0.5) is 0 Å². The summed E-state index contributed by atoms with van der Waals surface area (Å²) in [5.74, 6) is 0.507. The molecule has 1 aliphatic rings. The zero-order valence-corrected chi connectivity index (χ0v) is 19.5. The minimum absolute atomic E-state index is 0.167. The van der Waals surface area contributed by atoms with E-state index < -0.39 is 0 Å². The van der Waals surface area contributed by atoms with E-state index in [4.69, 9.17) is 10.8 Å². The van der Waals surface area contributed by atoms with E-state index in [2.05, 4.69) is 63.1 Å². The maximum absolute atomic E-state index is 9.09. The molecule has 6 rings (SSSR count). The Morgan fingerprint density at radius 3 is 2.06 bits per heavy atom. The summed E-state index contributed by atoms with van der Waals surface area (Å²) in [6.07, 6.45) is 9.47. The van der Waals surface area contributed by atoms with Crippen LogP contribution in [0.5, 0.6) is 0 Å². The number of amidine groups is 2. The summed E-state index contributed by atoms with van der Waals surface area (Å²) in [4.78, 5) is 10.1. The lowest BCUT2D eigenvalue weighted by molar-refractivity contribution is 0.515. The number of hydrogen-bond donors (Lipinski definition) is 2. The first-order valence-corrected chi connectivity index (χ1v) is 11.9. The molecule has 0 fully saturated rings. The minimum Gasteiger partial charge on any atom is -0.309 e. The van der Waals surface area contributed by atoms with Gasteiger partial charge in [-0.1, -0.05) is 36.4 Å². The summed E-state index contributed by atoms with van der Waals surface area (Å²) < 4.78 is 2.26. The molecule has 174 valence electrons. The second-order valence-corrected chi connectivity index (χ2v) is 8.70. The highest BCUT2D eigenvalue weighted by atomic mass is 15.2. The summed E-state index contributed by atoms with van der Waals surface area (Å²) in [6, 6.07) is 28.4. The predicted molar refractivity (Wildman–Crippen MR) is 147 cm³/mol. The average molecular weight is 469 g/mol. The number of aromatic nitrogens is 2. The number of hydrogen-bond acceptors (Lipinski definition) is 4. The largest absolute Gasteiger partial charge is 0.309 e. The molecule has 0 amide bonds. The van der Waals surface area contributed by atoms with Crippen LogP contribution in [0.1, 0.15) is 17.5 Å². The summed E-state index contributed by atoms with van der Waals surface area (Å²) in [7, 11) is 0. The molecule has 6 heteroatoms. The van der Waals surface area contributed by atoms with Crippen molar-refractivity contribution in [3.63, 3.8) is 0 Å². The predicted octanol–water partition coefficient (Wildman–Crippen LogP) is 6.19. The van der Waals surface area contributed by atoms with Crippen LogP contribution in [-0.2, 0) is 0 Å². The molecule has 0 saturated heterocycles. The van der Waals surface area contributed by atoms with E-state index in [1.165, 1.54) is 10.8 Å². The number of pyridine rings is 1. The number of nitrogens with one attached hydrogen (secondary N) is 2. The zero-order valence-electron chi connectivity index (χ0n) is 19.5. The summed E-state index contributed by atoms with van der Waals surface area (Å²) in [5.41, 5.74) is 4.73. The van der Waals surface area contributed by atoms with E-state index in [1.54, 1.807) is 23.5 Å². The SMILES string of the molecule is N=C(c1ccc(-n2c3ccccc3c3ccccc32)cc1)N(C(=N)c1cccnc1)C1C=CN=CC1. The summed E-state index contributed by atoms with van der Waals surface area (Å²) in [5, 5.41) is 20.4. The van der Waals surface area contributed by atoms with Crippen LogP contribution in [0.3, 0.4) is 0 Å². The van der Waals surface area contributed by atoms with E-state index in [0.29, 0.717) is 12.0 Å². The lowest BCUT2D eigenvalue weighted by Gasteiger charge is -2.32. The van der Waals surface area contributed by atoms with Gasteiger partial charge >= 0.3 is 0 Å². The van der Waals surface area contributed by atoms with Crippen molar-refractivity contribution in [1.82, 2.24) is 14.5 Å². The van der Waals surface area contributed by atoms with Crippen LogP contribution in [0.15, 0.2) is 115 Å². The van der Waals surface area contributed by atoms with Gasteiger partial charge in [0.15, 0.2) is 0 Å². The van der Waals surface area contributed by atoms with Crippen LogP contribution in [0, 0.1) is 10.8 Å². The summed E-state index contributed by atoms with van der Waals surface area (Å²) in [6.45, 7) is 0. The molecule has 2 N–H and O–H groups in total. The lowest BCUT2D eigenvalue weighted by atomic mass is 10.1. The van der Waals surface area contributed by atoms with Gasteiger partial charge in [0, 0.05) is 58.8 Å². The molecular formula is C30H24N6. The van der Waals surface area contributed by atoms with Crippen LogP contribution in [-0.4, -0.2) is 38.4 Å². The van der Waals surface area contributed by atoms with Gasteiger partial charge in [-0.15, -0.1) is 0 Å². The van der Waals surface area contributed by atoms with Gasteiger partial charge in [-0.3, -0.25) is 20.8 Å². The molecule has 3 aromatic carbocycles. The Kier molecular flexibility index (Phi) is 5.46. The highest BCUT2D eigenvalue weighted by molar-refractivity contribution is 6.13. The van der Waals surface area contributed by atoms with Crippen LogP contribution >= 0.6 is 0 Å². The molecule has 1 atom stereocenters. The maximum atomic E-state index is 9.09. The quantitative estimate of drug-likeness (QED) is 0.244. The topological polar surface area (TPSA) is 81.1 Å². The standard InChI is InChI=1S/C30H24N6/c31-29(36(24-15-18-33-19-16-24)30(32)22-6-5-17-34-20-22)21-11-13-23(14-12-21)35-27-9-3-1-7-25(27)26-8-2-4-10-28(26)35/h1-15,17-20,24,31-32H,16H2. The van der Waals surface area contributed by atoms with Crippen molar-refractivity contribution in [2.24, 2.45) is 4.99 Å². The Hall–Kier alpha value is -4.84. The molecule has 0 spiro atoms. The normalized spacial score (nSPS) is 14.8. The molecule has 6 nitrogen and oxygen atoms in total. The Morgan fingerprint density at radius 1 is 0.778 bits per heavy atom. The van der Waals surface area contributed by atoms with Crippen molar-refractivity contribution >= 4 is 39.7 Å². The Balaban J connectivity index is 1.39. The van der Waals surface area contributed by atoms with E-state index >= 15 is 0 Å². The first-order valence-electron chi connectivity index (χ1n) is 11.9. The van der Waals surface area contributed by atoms with Crippen LogP contribution < -0.4 is 0 Å². The van der Waals surface area contributed by atoms with E-state index in [0.717, 1.165) is 22.3 Å². The fraction of sp³-hybridized carbons (Fsp3) is 0.0667. The fourth-order valence-electron chi connectivity index (χ4n) is 4.84. The smallest absolute Gasteiger partial charge is 0.135 e. The van der Waals surface area contributed by atoms with Crippen molar-refractivity contribution in [3.05, 3.63) is 121 Å². The van der Waals surface area contributed by atoms with Crippen LogP contribution in [0.2, 0.25) is 0 Å². The third kappa shape index (κ3) is 3.69. The Morgan fingerprint density at radius 2 is 1.44 bits per heavy atom. The second-order valence-electron chi connectivity index (χ2n) is 8.70. The number of para-hydroxylation sites is 2. The molecule has 3 heterocycles. The molecule has 5 aromatic rings. The molecule has 0 aliphatic carbocycles. The lowest BCUT2D eigenvalue weighted by Crippen LogP contribution is -2.44. The van der Waals surface area contributed by atoms with E-state index in [-0.39, 0.29) is 17.7 Å². The zero-order chi connectivity index (χ0) is 24.5. The molecule has 2 aromatic heterocycles. The molecule has 0 saturated carbocycles. The highest BCUT2D eigenvalue weighted by Gasteiger charge is 2.26. The van der Waals surface area contributed by atoms with Crippen molar-refractivity contribution in [3.8, 4) is 5.69 Å². The van der Waals surface area contributed by atoms with Gasteiger partial charge < -0.3 is 9.47 Å². The van der Waals surface area contributed by atoms with E-state index in [1.807, 2.05) is 48.7 Å². The van der Waals surface area contributed by atoms with Gasteiger partial charge in [-0.25, -0.2) is 0 Å². The van der Waals surface area contributed by atoms with Gasteiger partial charge in [-0.2, -0.15) is 0 Å². The Labute approximate surface area is 208 Å². The molecule has 1 aliphatic heterocycles. The number of rotatable bonds is 4. The Bertz CT molecular complexity index is 1590. The van der Waals surface area contributed by atoms with E-state index in [9.17, 15) is 0 Å². The number of benzene rings is 3. The molecular weight excluding hydrogens is 444 g/mol. The van der Waals surface area contributed by atoms with Gasteiger partial charge in [0.25, 0.3) is 0 Å². The van der Waals surface area contributed by atoms with Gasteiger partial charge in [0.1, 0.15) is 11.7 Å². The molecule has 36 heavy (non-hydrogen) atoms. The third-order valence-electron chi connectivity index (χ3n) is 6.57.